The Morgan fingerprint density at radius 3 is 2.73 bits per heavy atom. The number of esters is 2. The van der Waals surface area contributed by atoms with E-state index in [1.807, 2.05) is 19.9 Å². The predicted molar refractivity (Wildman–Crippen MR) is 93.6 cm³/mol. The van der Waals surface area contributed by atoms with E-state index in [4.69, 9.17) is 9.47 Å². The van der Waals surface area contributed by atoms with Crippen LogP contribution in [0.3, 0.4) is 0 Å². The lowest BCUT2D eigenvalue weighted by Gasteiger charge is -2.53. The van der Waals surface area contributed by atoms with Crippen molar-refractivity contribution < 1.29 is 29.3 Å². The first kappa shape index (κ1) is 18.9. The van der Waals surface area contributed by atoms with Crippen LogP contribution in [-0.2, 0) is 19.1 Å². The summed E-state index contributed by atoms with van der Waals surface area (Å²) in [5, 5.41) is 21.9. The van der Waals surface area contributed by atoms with Crippen LogP contribution in [0.4, 0.5) is 0 Å². The van der Waals surface area contributed by atoms with Crippen molar-refractivity contribution in [2.24, 2.45) is 11.3 Å². The number of carbonyl (C=O) groups is 2. The van der Waals surface area contributed by atoms with Crippen LogP contribution >= 0.6 is 0 Å². The van der Waals surface area contributed by atoms with Gasteiger partial charge in [-0.3, -0.25) is 0 Å². The highest BCUT2D eigenvalue weighted by atomic mass is 16.7. The van der Waals surface area contributed by atoms with Crippen LogP contribution in [0, 0.1) is 11.3 Å². The van der Waals surface area contributed by atoms with Crippen LogP contribution in [0.25, 0.3) is 0 Å². The zero-order valence-corrected chi connectivity index (χ0v) is 15.8. The molecule has 0 aromatic rings. The van der Waals surface area contributed by atoms with Crippen molar-refractivity contribution in [2.45, 2.75) is 65.5 Å². The SMILES string of the molecule is C/C=C(/C)C(=O)O[C@H]1CC=C2C[C@@]3(O)OC(=O)C(C)=C3[C@@H](O)[C@]2(C)[C@H]1C. The number of hydrogen-bond donors (Lipinski definition) is 2. The summed E-state index contributed by atoms with van der Waals surface area (Å²) in [6, 6.07) is 0. The van der Waals surface area contributed by atoms with Crippen LogP contribution in [-0.4, -0.2) is 40.1 Å². The largest absolute Gasteiger partial charge is 0.458 e. The maximum atomic E-state index is 12.2. The van der Waals surface area contributed by atoms with Crippen LogP contribution in [0.2, 0.25) is 0 Å². The van der Waals surface area contributed by atoms with Gasteiger partial charge in [0.25, 0.3) is 0 Å². The number of hydrogen-bond acceptors (Lipinski definition) is 6. The van der Waals surface area contributed by atoms with Crippen molar-refractivity contribution in [2.75, 3.05) is 0 Å². The minimum atomic E-state index is -1.78. The highest BCUT2D eigenvalue weighted by Crippen LogP contribution is 2.57. The number of rotatable bonds is 2. The Kier molecular flexibility index (Phi) is 4.40. The maximum Gasteiger partial charge on any atom is 0.336 e. The average molecular weight is 362 g/mol. The number of allylic oxidation sites excluding steroid dienone is 1. The number of aliphatic hydroxyl groups is 2. The predicted octanol–water partition coefficient (Wildman–Crippen LogP) is 2.16. The third-order valence-corrected chi connectivity index (χ3v) is 6.47. The molecule has 26 heavy (non-hydrogen) atoms. The molecule has 0 bridgehead atoms. The highest BCUT2D eigenvalue weighted by molar-refractivity contribution is 5.93. The van der Waals surface area contributed by atoms with Crippen molar-refractivity contribution in [1.82, 2.24) is 0 Å². The summed E-state index contributed by atoms with van der Waals surface area (Å²) < 4.78 is 10.8. The molecule has 0 aromatic carbocycles. The summed E-state index contributed by atoms with van der Waals surface area (Å²) in [6.45, 7) is 8.84. The first-order chi connectivity index (χ1) is 12.1. The fourth-order valence-corrected chi connectivity index (χ4v) is 4.34. The van der Waals surface area contributed by atoms with Gasteiger partial charge in [-0.05, 0) is 20.8 Å². The molecule has 6 heteroatoms. The molecule has 1 fully saturated rings. The molecule has 0 unspecified atom stereocenters. The zero-order chi connectivity index (χ0) is 19.4. The lowest BCUT2D eigenvalue weighted by atomic mass is 9.56. The van der Waals surface area contributed by atoms with E-state index in [0.717, 1.165) is 5.57 Å². The van der Waals surface area contributed by atoms with Crippen molar-refractivity contribution in [3.05, 3.63) is 34.4 Å². The first-order valence-corrected chi connectivity index (χ1v) is 8.94. The van der Waals surface area contributed by atoms with Crippen LogP contribution in [0.15, 0.2) is 34.4 Å². The third kappa shape index (κ3) is 2.47. The highest BCUT2D eigenvalue weighted by Gasteiger charge is 2.61. The second kappa shape index (κ2) is 6.06. The summed E-state index contributed by atoms with van der Waals surface area (Å²) in [6.07, 6.45) is 2.71. The van der Waals surface area contributed by atoms with E-state index in [1.165, 1.54) is 0 Å². The molecule has 2 aliphatic carbocycles. The number of ether oxygens (including phenoxy) is 2. The van der Waals surface area contributed by atoms with Gasteiger partial charge in [0.2, 0.25) is 5.79 Å². The molecule has 1 aliphatic heterocycles. The normalized spacial score (nSPS) is 39.8. The molecule has 0 aromatic heterocycles. The summed E-state index contributed by atoms with van der Waals surface area (Å²) in [5.74, 6) is -2.96. The molecule has 6 nitrogen and oxygen atoms in total. The van der Waals surface area contributed by atoms with Crippen molar-refractivity contribution in [3.8, 4) is 0 Å². The number of carbonyl (C=O) groups excluding carboxylic acids is 2. The average Bonchev–Trinajstić information content (AvgIpc) is 2.81. The Morgan fingerprint density at radius 1 is 1.46 bits per heavy atom. The van der Waals surface area contributed by atoms with Gasteiger partial charge in [-0.2, -0.15) is 0 Å². The van der Waals surface area contributed by atoms with Gasteiger partial charge >= 0.3 is 11.9 Å². The first-order valence-electron chi connectivity index (χ1n) is 8.94. The Balaban J connectivity index is 1.98. The molecular weight excluding hydrogens is 336 g/mol. The van der Waals surface area contributed by atoms with Crippen molar-refractivity contribution in [1.29, 1.82) is 0 Å². The smallest absolute Gasteiger partial charge is 0.336 e. The molecule has 1 saturated carbocycles. The molecule has 1 heterocycles. The standard InChI is InChI=1S/C20H26O6/c1-6-10(2)17(22)25-14-8-7-13-9-20(24)15(11(3)18(23)26-20)16(21)19(13,5)12(14)4/h6-7,12,14,16,21,24H,8-9H2,1-5H3/b10-6-/t12-,14-,16+,19+,20+/m0/s1. The van der Waals surface area contributed by atoms with E-state index in [1.54, 1.807) is 26.8 Å². The van der Waals surface area contributed by atoms with Gasteiger partial charge in [-0.25, -0.2) is 9.59 Å². The zero-order valence-electron chi connectivity index (χ0n) is 15.8. The lowest BCUT2D eigenvalue weighted by molar-refractivity contribution is -0.197. The molecule has 0 radical (unpaired) electrons. The fourth-order valence-electron chi connectivity index (χ4n) is 4.34. The van der Waals surface area contributed by atoms with Crippen LogP contribution < -0.4 is 0 Å². The van der Waals surface area contributed by atoms with E-state index in [0.29, 0.717) is 12.0 Å². The van der Waals surface area contributed by atoms with E-state index < -0.39 is 29.4 Å². The van der Waals surface area contributed by atoms with Gasteiger partial charge in [0.15, 0.2) is 0 Å². The molecule has 2 N–H and O–H groups in total. The topological polar surface area (TPSA) is 93.1 Å². The molecule has 0 spiro atoms. The van der Waals surface area contributed by atoms with Gasteiger partial charge in [-0.15, -0.1) is 0 Å². The minimum Gasteiger partial charge on any atom is -0.458 e. The maximum absolute atomic E-state index is 12.2. The fraction of sp³-hybridized carbons (Fsp3) is 0.600. The van der Waals surface area contributed by atoms with E-state index in [9.17, 15) is 19.8 Å². The minimum absolute atomic E-state index is 0.123. The number of aliphatic hydroxyl groups excluding tert-OH is 1. The second-order valence-corrected chi connectivity index (χ2v) is 7.74. The Hall–Kier alpha value is -1.92. The second-order valence-electron chi connectivity index (χ2n) is 7.74. The molecule has 0 amide bonds. The Bertz CT molecular complexity index is 760. The van der Waals surface area contributed by atoms with E-state index in [-0.39, 0.29) is 29.5 Å². The number of fused-ring (bicyclic) bond motifs is 2. The van der Waals surface area contributed by atoms with Gasteiger partial charge in [0.1, 0.15) is 6.10 Å². The quantitative estimate of drug-likeness (QED) is 0.444. The molecule has 5 atom stereocenters. The van der Waals surface area contributed by atoms with Crippen molar-refractivity contribution >= 4 is 11.9 Å². The monoisotopic (exact) mass is 362 g/mol. The summed E-state index contributed by atoms with van der Waals surface area (Å²) in [4.78, 5) is 24.1. The third-order valence-electron chi connectivity index (χ3n) is 6.47. The molecule has 3 aliphatic rings. The molecule has 0 saturated heterocycles. The Morgan fingerprint density at radius 2 is 2.12 bits per heavy atom. The van der Waals surface area contributed by atoms with E-state index in [2.05, 4.69) is 0 Å². The summed E-state index contributed by atoms with van der Waals surface area (Å²) in [5.41, 5.74) is 1.07. The van der Waals surface area contributed by atoms with Gasteiger partial charge < -0.3 is 19.7 Å². The van der Waals surface area contributed by atoms with Crippen LogP contribution in [0.5, 0.6) is 0 Å². The molecule has 142 valence electrons. The van der Waals surface area contributed by atoms with Crippen LogP contribution in [0.1, 0.15) is 47.5 Å². The lowest BCUT2D eigenvalue weighted by Crippen LogP contribution is -2.57. The molecular formula is C20H26O6. The van der Waals surface area contributed by atoms with Crippen molar-refractivity contribution in [3.63, 3.8) is 0 Å². The summed E-state index contributed by atoms with van der Waals surface area (Å²) >= 11 is 0. The Labute approximate surface area is 153 Å². The summed E-state index contributed by atoms with van der Waals surface area (Å²) in [7, 11) is 0. The van der Waals surface area contributed by atoms with Gasteiger partial charge in [0, 0.05) is 40.9 Å². The van der Waals surface area contributed by atoms with Gasteiger partial charge in [-0.1, -0.05) is 31.6 Å². The molecule has 3 rings (SSSR count). The van der Waals surface area contributed by atoms with Gasteiger partial charge in [0.05, 0.1) is 6.10 Å². The van der Waals surface area contributed by atoms with E-state index >= 15 is 0 Å².